The van der Waals surface area contributed by atoms with Crippen molar-refractivity contribution >= 4 is 11.6 Å². The van der Waals surface area contributed by atoms with Crippen LogP contribution in [0.4, 0.5) is 4.39 Å². The molecule has 4 nitrogen and oxygen atoms in total. The molecule has 1 fully saturated rings. The van der Waals surface area contributed by atoms with Crippen molar-refractivity contribution in [3.8, 4) is 0 Å². The summed E-state index contributed by atoms with van der Waals surface area (Å²) < 4.78 is 21.0. The number of hydrogen-bond donors (Lipinski definition) is 0. The minimum atomic E-state index is -0.323. The zero-order chi connectivity index (χ0) is 14.7. The van der Waals surface area contributed by atoms with Crippen molar-refractivity contribution in [1.29, 1.82) is 0 Å². The van der Waals surface area contributed by atoms with Gasteiger partial charge in [-0.1, -0.05) is 17.7 Å². The van der Waals surface area contributed by atoms with Crippen LogP contribution in [0.1, 0.15) is 11.7 Å². The SMILES string of the molecule is Fc1ccc([C@H]2CN(CCn3ccnc3)CCO2)c(Cl)c1. The maximum atomic E-state index is 13.1. The third-order valence-corrected chi connectivity index (χ3v) is 4.02. The molecule has 112 valence electrons. The van der Waals surface area contributed by atoms with Crippen molar-refractivity contribution in [1.82, 2.24) is 14.5 Å². The number of hydrogen-bond acceptors (Lipinski definition) is 3. The molecule has 0 saturated carbocycles. The van der Waals surface area contributed by atoms with Crippen molar-refractivity contribution in [3.05, 3.63) is 53.3 Å². The van der Waals surface area contributed by atoms with E-state index in [1.165, 1.54) is 12.1 Å². The number of morpholine rings is 1. The topological polar surface area (TPSA) is 30.3 Å². The van der Waals surface area contributed by atoms with Gasteiger partial charge in [0.1, 0.15) is 5.82 Å². The van der Waals surface area contributed by atoms with Crippen LogP contribution in [0.15, 0.2) is 36.9 Å². The molecule has 0 bridgehead atoms. The predicted molar refractivity (Wildman–Crippen MR) is 78.8 cm³/mol. The standard InChI is InChI=1S/C15H17ClFN3O/c16-14-9-12(17)1-2-13(14)15-10-19(7-8-21-15)5-6-20-4-3-18-11-20/h1-4,9,11,15H,5-8,10H2/t15-/m1/s1. The molecule has 0 spiro atoms. The Kier molecular flexibility index (Phi) is 4.53. The summed E-state index contributed by atoms with van der Waals surface area (Å²) in [5.41, 5.74) is 0.852. The normalized spacial score (nSPS) is 19.8. The van der Waals surface area contributed by atoms with E-state index in [0.717, 1.165) is 31.7 Å². The molecule has 0 unspecified atom stereocenters. The van der Waals surface area contributed by atoms with Crippen LogP contribution in [-0.2, 0) is 11.3 Å². The van der Waals surface area contributed by atoms with Gasteiger partial charge in [-0.3, -0.25) is 4.90 Å². The summed E-state index contributed by atoms with van der Waals surface area (Å²) in [7, 11) is 0. The zero-order valence-electron chi connectivity index (χ0n) is 11.6. The molecule has 1 aliphatic heterocycles. The molecule has 1 aromatic heterocycles. The lowest BCUT2D eigenvalue weighted by Gasteiger charge is -2.33. The van der Waals surface area contributed by atoms with E-state index in [-0.39, 0.29) is 11.9 Å². The van der Waals surface area contributed by atoms with Crippen molar-refractivity contribution in [2.45, 2.75) is 12.6 Å². The van der Waals surface area contributed by atoms with Gasteiger partial charge < -0.3 is 9.30 Å². The second kappa shape index (κ2) is 6.56. The Balaban J connectivity index is 1.62. The molecule has 0 N–H and O–H groups in total. The third-order valence-electron chi connectivity index (χ3n) is 3.69. The number of ether oxygens (including phenoxy) is 1. The van der Waals surface area contributed by atoms with E-state index in [4.69, 9.17) is 16.3 Å². The smallest absolute Gasteiger partial charge is 0.124 e. The second-order valence-electron chi connectivity index (χ2n) is 5.13. The highest BCUT2D eigenvalue weighted by atomic mass is 35.5. The summed E-state index contributed by atoms with van der Waals surface area (Å²) in [6, 6.07) is 4.47. The summed E-state index contributed by atoms with van der Waals surface area (Å²) in [5, 5.41) is 0.427. The molecule has 1 aromatic carbocycles. The van der Waals surface area contributed by atoms with Crippen LogP contribution >= 0.6 is 11.6 Å². The van der Waals surface area contributed by atoms with Gasteiger partial charge in [0, 0.05) is 49.2 Å². The lowest BCUT2D eigenvalue weighted by Crippen LogP contribution is -2.40. The fraction of sp³-hybridized carbons (Fsp3) is 0.400. The summed E-state index contributed by atoms with van der Waals surface area (Å²) in [6.45, 7) is 4.13. The van der Waals surface area contributed by atoms with Gasteiger partial charge >= 0.3 is 0 Å². The van der Waals surface area contributed by atoms with Gasteiger partial charge in [-0.05, 0) is 12.1 Å². The average Bonchev–Trinajstić information content (AvgIpc) is 2.99. The largest absolute Gasteiger partial charge is 0.371 e. The van der Waals surface area contributed by atoms with E-state index in [1.807, 2.05) is 12.5 Å². The molecule has 6 heteroatoms. The van der Waals surface area contributed by atoms with Gasteiger partial charge in [-0.25, -0.2) is 9.37 Å². The molecule has 1 atom stereocenters. The Bertz CT molecular complexity index is 591. The average molecular weight is 310 g/mol. The van der Waals surface area contributed by atoms with E-state index < -0.39 is 0 Å². The molecular weight excluding hydrogens is 293 g/mol. The molecule has 0 radical (unpaired) electrons. The predicted octanol–water partition coefficient (Wildman–Crippen LogP) is 2.75. The Morgan fingerprint density at radius 1 is 1.38 bits per heavy atom. The highest BCUT2D eigenvalue weighted by Crippen LogP contribution is 2.29. The van der Waals surface area contributed by atoms with Crippen LogP contribution in [0.3, 0.4) is 0 Å². The second-order valence-corrected chi connectivity index (χ2v) is 5.53. The molecule has 1 aliphatic rings. The fourth-order valence-corrected chi connectivity index (χ4v) is 2.82. The van der Waals surface area contributed by atoms with E-state index in [0.29, 0.717) is 11.6 Å². The minimum absolute atomic E-state index is 0.102. The maximum absolute atomic E-state index is 13.1. The summed E-state index contributed by atoms with van der Waals surface area (Å²) in [5.74, 6) is -0.323. The molecule has 2 aromatic rings. The lowest BCUT2D eigenvalue weighted by atomic mass is 10.1. The quantitative estimate of drug-likeness (QED) is 0.870. The van der Waals surface area contributed by atoms with Crippen molar-refractivity contribution in [2.24, 2.45) is 0 Å². The first-order valence-electron chi connectivity index (χ1n) is 6.97. The van der Waals surface area contributed by atoms with Crippen LogP contribution in [-0.4, -0.2) is 40.7 Å². The molecular formula is C15H17ClFN3O. The molecule has 3 rings (SSSR count). The number of benzene rings is 1. The molecule has 0 aliphatic carbocycles. The molecule has 21 heavy (non-hydrogen) atoms. The van der Waals surface area contributed by atoms with Crippen molar-refractivity contribution in [2.75, 3.05) is 26.2 Å². The number of imidazole rings is 1. The Morgan fingerprint density at radius 2 is 2.29 bits per heavy atom. The first kappa shape index (κ1) is 14.5. The Morgan fingerprint density at radius 3 is 3.05 bits per heavy atom. The highest BCUT2D eigenvalue weighted by molar-refractivity contribution is 6.31. The summed E-state index contributed by atoms with van der Waals surface area (Å²) >= 11 is 6.12. The summed E-state index contributed by atoms with van der Waals surface area (Å²) in [6.07, 6.45) is 5.44. The van der Waals surface area contributed by atoms with Gasteiger partial charge in [0.05, 0.1) is 19.0 Å². The number of rotatable bonds is 4. The van der Waals surface area contributed by atoms with E-state index in [9.17, 15) is 4.39 Å². The fourth-order valence-electron chi connectivity index (χ4n) is 2.53. The van der Waals surface area contributed by atoms with Crippen LogP contribution in [0.2, 0.25) is 5.02 Å². The zero-order valence-corrected chi connectivity index (χ0v) is 12.3. The van der Waals surface area contributed by atoms with Crippen LogP contribution in [0, 0.1) is 5.82 Å². The first-order valence-corrected chi connectivity index (χ1v) is 7.35. The van der Waals surface area contributed by atoms with E-state index in [1.54, 1.807) is 12.3 Å². The molecule has 2 heterocycles. The van der Waals surface area contributed by atoms with Gasteiger partial charge in [-0.2, -0.15) is 0 Å². The van der Waals surface area contributed by atoms with Crippen molar-refractivity contribution in [3.63, 3.8) is 0 Å². The maximum Gasteiger partial charge on any atom is 0.124 e. The van der Waals surface area contributed by atoms with Gasteiger partial charge in [0.2, 0.25) is 0 Å². The molecule has 0 amide bonds. The van der Waals surface area contributed by atoms with Gasteiger partial charge in [-0.15, -0.1) is 0 Å². The van der Waals surface area contributed by atoms with Crippen LogP contribution in [0.25, 0.3) is 0 Å². The lowest BCUT2D eigenvalue weighted by molar-refractivity contribution is -0.0308. The summed E-state index contributed by atoms with van der Waals surface area (Å²) in [4.78, 5) is 6.36. The van der Waals surface area contributed by atoms with Crippen LogP contribution < -0.4 is 0 Å². The van der Waals surface area contributed by atoms with E-state index >= 15 is 0 Å². The number of nitrogens with zero attached hydrogens (tertiary/aromatic N) is 3. The van der Waals surface area contributed by atoms with E-state index in [2.05, 4.69) is 14.5 Å². The van der Waals surface area contributed by atoms with Crippen molar-refractivity contribution < 1.29 is 9.13 Å². The minimum Gasteiger partial charge on any atom is -0.371 e. The van der Waals surface area contributed by atoms with Gasteiger partial charge in [0.15, 0.2) is 0 Å². The number of halogens is 2. The highest BCUT2D eigenvalue weighted by Gasteiger charge is 2.23. The Labute approximate surface area is 128 Å². The number of aromatic nitrogens is 2. The molecule has 1 saturated heterocycles. The van der Waals surface area contributed by atoms with Gasteiger partial charge in [0.25, 0.3) is 0 Å². The Hall–Kier alpha value is -1.43. The van der Waals surface area contributed by atoms with Crippen LogP contribution in [0.5, 0.6) is 0 Å². The third kappa shape index (κ3) is 3.61. The first-order chi connectivity index (χ1) is 10.2. The monoisotopic (exact) mass is 309 g/mol.